The molecule has 0 spiro atoms. The summed E-state index contributed by atoms with van der Waals surface area (Å²) in [6.07, 6.45) is 2.39. The third-order valence-corrected chi connectivity index (χ3v) is 4.88. The molecular formula is C21H29P. The van der Waals surface area contributed by atoms with Gasteiger partial charge in [-0.15, -0.1) is 9.24 Å². The van der Waals surface area contributed by atoms with Crippen LogP contribution < -0.4 is 0 Å². The smallest absolute Gasteiger partial charge is 0.0108 e. The summed E-state index contributed by atoms with van der Waals surface area (Å²) in [6, 6.07) is 19.7. The first-order valence-corrected chi connectivity index (χ1v) is 8.94. The van der Waals surface area contributed by atoms with E-state index in [1.54, 1.807) is 0 Å². The summed E-state index contributed by atoms with van der Waals surface area (Å²) in [5.41, 5.74) is 4.16. The summed E-state index contributed by atoms with van der Waals surface area (Å²) in [5.74, 6) is 1.36. The van der Waals surface area contributed by atoms with Crippen LogP contribution in [0, 0.1) is 11.8 Å². The maximum Gasteiger partial charge on any atom is 0.0108 e. The summed E-state index contributed by atoms with van der Waals surface area (Å²) in [4.78, 5) is 0. The molecule has 0 aliphatic carbocycles. The van der Waals surface area contributed by atoms with E-state index in [0.717, 1.165) is 0 Å². The molecule has 0 saturated carbocycles. The van der Waals surface area contributed by atoms with Gasteiger partial charge >= 0.3 is 0 Å². The third kappa shape index (κ3) is 4.20. The first-order valence-electron chi connectivity index (χ1n) is 8.36. The van der Waals surface area contributed by atoms with Crippen LogP contribution in [0.3, 0.4) is 0 Å². The molecule has 0 aromatic heterocycles. The van der Waals surface area contributed by atoms with Crippen LogP contribution in [-0.4, -0.2) is 0 Å². The van der Waals surface area contributed by atoms with Gasteiger partial charge in [-0.05, 0) is 41.4 Å². The predicted molar refractivity (Wildman–Crippen MR) is 102 cm³/mol. The second-order valence-corrected chi connectivity index (χ2v) is 8.37. The molecule has 2 rings (SSSR count). The summed E-state index contributed by atoms with van der Waals surface area (Å²) in [5, 5.41) is 0.148. The van der Waals surface area contributed by atoms with Gasteiger partial charge in [0, 0.05) is 5.16 Å². The number of hydrogen-bond acceptors (Lipinski definition) is 0. The van der Waals surface area contributed by atoms with Crippen molar-refractivity contribution in [3.05, 3.63) is 60.2 Å². The van der Waals surface area contributed by atoms with Crippen LogP contribution in [0.1, 0.15) is 46.1 Å². The zero-order valence-electron chi connectivity index (χ0n) is 14.3. The normalized spacial score (nSPS) is 12.1. The number of hydrogen-bond donors (Lipinski definition) is 0. The minimum atomic E-state index is 0.148. The Bertz CT molecular complexity index is 574. The summed E-state index contributed by atoms with van der Waals surface area (Å²) < 4.78 is 0. The molecule has 22 heavy (non-hydrogen) atoms. The van der Waals surface area contributed by atoms with Gasteiger partial charge in [0.2, 0.25) is 0 Å². The highest BCUT2D eigenvalue weighted by atomic mass is 31.0. The average Bonchev–Trinajstić information content (AvgIpc) is 2.46. The highest BCUT2D eigenvalue weighted by molar-refractivity contribution is 7.18. The molecule has 1 heteroatoms. The molecule has 0 radical (unpaired) electrons. The molecule has 0 amide bonds. The molecule has 2 aromatic carbocycles. The lowest BCUT2D eigenvalue weighted by atomic mass is 9.80. The van der Waals surface area contributed by atoms with Crippen molar-refractivity contribution in [3.8, 4) is 11.1 Å². The Morgan fingerprint density at radius 2 is 1.27 bits per heavy atom. The molecule has 1 atom stereocenters. The lowest BCUT2D eigenvalue weighted by Crippen LogP contribution is -2.23. The number of benzene rings is 2. The van der Waals surface area contributed by atoms with Crippen molar-refractivity contribution < 1.29 is 0 Å². The van der Waals surface area contributed by atoms with Gasteiger partial charge in [0.1, 0.15) is 0 Å². The van der Waals surface area contributed by atoms with E-state index in [4.69, 9.17) is 0 Å². The van der Waals surface area contributed by atoms with Gasteiger partial charge in [0.05, 0.1) is 0 Å². The Morgan fingerprint density at radius 3 is 1.82 bits per heavy atom. The van der Waals surface area contributed by atoms with E-state index in [9.17, 15) is 0 Å². The Morgan fingerprint density at radius 1 is 0.773 bits per heavy atom. The van der Waals surface area contributed by atoms with Gasteiger partial charge in [0.25, 0.3) is 0 Å². The maximum absolute atomic E-state index is 3.20. The standard InChI is InChI=1S/C21H29P/c1-16(2)14-21(22,15-17(3)4)20-13-9-8-12-19(20)18-10-6-5-7-11-18/h5-13,16-17H,14-15,22H2,1-4H3. The van der Waals surface area contributed by atoms with Crippen LogP contribution in [0.4, 0.5) is 0 Å². The molecule has 0 nitrogen and oxygen atoms in total. The number of rotatable bonds is 6. The van der Waals surface area contributed by atoms with E-state index in [1.165, 1.54) is 29.5 Å². The minimum absolute atomic E-state index is 0.148. The molecule has 0 heterocycles. The Kier molecular flexibility index (Phi) is 5.81. The van der Waals surface area contributed by atoms with E-state index >= 15 is 0 Å². The zero-order valence-corrected chi connectivity index (χ0v) is 15.5. The van der Waals surface area contributed by atoms with Gasteiger partial charge in [-0.3, -0.25) is 0 Å². The fourth-order valence-electron chi connectivity index (χ4n) is 3.55. The van der Waals surface area contributed by atoms with Gasteiger partial charge in [0.15, 0.2) is 0 Å². The molecule has 0 bridgehead atoms. The van der Waals surface area contributed by atoms with Crippen LogP contribution in [0.2, 0.25) is 0 Å². The lowest BCUT2D eigenvalue weighted by molar-refractivity contribution is 0.389. The van der Waals surface area contributed by atoms with Gasteiger partial charge in [-0.2, -0.15) is 0 Å². The monoisotopic (exact) mass is 312 g/mol. The molecule has 1 unspecified atom stereocenters. The largest absolute Gasteiger partial charge is 0.126 e. The van der Waals surface area contributed by atoms with Crippen molar-refractivity contribution in [1.29, 1.82) is 0 Å². The van der Waals surface area contributed by atoms with E-state index in [0.29, 0.717) is 11.8 Å². The molecule has 118 valence electrons. The fraction of sp³-hybridized carbons (Fsp3) is 0.429. The van der Waals surface area contributed by atoms with Gasteiger partial charge in [-0.25, -0.2) is 0 Å². The van der Waals surface area contributed by atoms with E-state index in [-0.39, 0.29) is 5.16 Å². The Balaban J connectivity index is 2.53. The van der Waals surface area contributed by atoms with Crippen LogP contribution in [0.25, 0.3) is 11.1 Å². The first kappa shape index (κ1) is 17.2. The second kappa shape index (κ2) is 7.42. The van der Waals surface area contributed by atoms with Gasteiger partial charge < -0.3 is 0 Å². The topological polar surface area (TPSA) is 0 Å². The highest BCUT2D eigenvalue weighted by Crippen LogP contribution is 2.46. The quantitative estimate of drug-likeness (QED) is 0.533. The molecule has 0 fully saturated rings. The minimum Gasteiger partial charge on any atom is -0.126 e. The van der Waals surface area contributed by atoms with Crippen LogP contribution in [0.15, 0.2) is 54.6 Å². The Hall–Kier alpha value is -1.13. The van der Waals surface area contributed by atoms with Crippen LogP contribution in [0.5, 0.6) is 0 Å². The Labute approximate surface area is 138 Å². The van der Waals surface area contributed by atoms with Crippen molar-refractivity contribution in [3.63, 3.8) is 0 Å². The van der Waals surface area contributed by atoms with Crippen molar-refractivity contribution >= 4 is 9.24 Å². The molecule has 0 aliphatic heterocycles. The molecule has 0 N–H and O–H groups in total. The van der Waals surface area contributed by atoms with Crippen molar-refractivity contribution in [1.82, 2.24) is 0 Å². The molecule has 0 saturated heterocycles. The first-order chi connectivity index (χ1) is 10.4. The molecular weight excluding hydrogens is 283 g/mol. The lowest BCUT2D eigenvalue weighted by Gasteiger charge is -2.35. The predicted octanol–water partition coefficient (Wildman–Crippen LogP) is 6.52. The maximum atomic E-state index is 3.20. The van der Waals surface area contributed by atoms with E-state index in [1.807, 2.05) is 0 Å². The third-order valence-electron chi connectivity index (χ3n) is 4.09. The molecule has 0 aliphatic rings. The highest BCUT2D eigenvalue weighted by Gasteiger charge is 2.31. The summed E-state index contributed by atoms with van der Waals surface area (Å²) in [7, 11) is 3.20. The summed E-state index contributed by atoms with van der Waals surface area (Å²) >= 11 is 0. The van der Waals surface area contributed by atoms with Crippen LogP contribution in [-0.2, 0) is 5.16 Å². The fourth-order valence-corrected chi connectivity index (χ4v) is 4.74. The summed E-state index contributed by atoms with van der Waals surface area (Å²) in [6.45, 7) is 9.29. The van der Waals surface area contributed by atoms with Crippen molar-refractivity contribution in [2.75, 3.05) is 0 Å². The van der Waals surface area contributed by atoms with Crippen LogP contribution >= 0.6 is 9.24 Å². The zero-order chi connectivity index (χ0) is 16.2. The molecule has 2 aromatic rings. The van der Waals surface area contributed by atoms with Gasteiger partial charge in [-0.1, -0.05) is 82.3 Å². The van der Waals surface area contributed by atoms with Crippen molar-refractivity contribution in [2.24, 2.45) is 11.8 Å². The van der Waals surface area contributed by atoms with Crippen molar-refractivity contribution in [2.45, 2.75) is 45.7 Å². The average molecular weight is 312 g/mol. The van der Waals surface area contributed by atoms with E-state index in [2.05, 4.69) is 91.5 Å². The SMILES string of the molecule is CC(C)CC(P)(CC(C)C)c1ccccc1-c1ccccc1. The van der Waals surface area contributed by atoms with E-state index < -0.39 is 0 Å². The second-order valence-electron chi connectivity index (χ2n) is 7.26.